The number of nitrogens with zero attached hydrogens (tertiary/aromatic N) is 1. The van der Waals surface area contributed by atoms with E-state index in [-0.39, 0.29) is 5.41 Å². The number of hydrogen-bond donors (Lipinski definition) is 3. The molecule has 104 valence electrons. The van der Waals surface area contributed by atoms with E-state index in [0.717, 1.165) is 31.7 Å². The van der Waals surface area contributed by atoms with E-state index < -0.39 is 0 Å². The lowest BCUT2D eigenvalue weighted by molar-refractivity contribution is 0.314. The van der Waals surface area contributed by atoms with Crippen LogP contribution >= 0.6 is 0 Å². The second kappa shape index (κ2) is 5.93. The maximum atomic E-state index is 8.61. The van der Waals surface area contributed by atoms with Crippen LogP contribution in [0.3, 0.4) is 0 Å². The van der Waals surface area contributed by atoms with Gasteiger partial charge in [-0.1, -0.05) is 17.3 Å². The molecule has 4 N–H and O–H groups in total. The van der Waals surface area contributed by atoms with E-state index in [2.05, 4.69) is 22.6 Å². The summed E-state index contributed by atoms with van der Waals surface area (Å²) in [5, 5.41) is 15.1. The molecule has 0 saturated heterocycles. The molecule has 2 rings (SSSR count). The Balaban J connectivity index is 1.77. The Labute approximate surface area is 113 Å². The van der Waals surface area contributed by atoms with Gasteiger partial charge in [-0.05, 0) is 36.0 Å². The standard InChI is InChI=1S/C14H21N3O2/c1-19-12-4-2-11(3-5-12)9-16-10-14(6-7-14)8-13(15)17-18/h2-5,16,18H,6-10H2,1H3,(H2,15,17). The molecule has 1 aliphatic rings. The SMILES string of the molecule is COc1ccc(CNCC2(CC(N)=NO)CC2)cc1. The lowest BCUT2D eigenvalue weighted by Gasteiger charge is -2.15. The van der Waals surface area contributed by atoms with Crippen molar-refractivity contribution in [2.24, 2.45) is 16.3 Å². The fourth-order valence-electron chi connectivity index (χ4n) is 2.23. The van der Waals surface area contributed by atoms with Crippen LogP contribution in [-0.2, 0) is 6.54 Å². The van der Waals surface area contributed by atoms with Gasteiger partial charge in [0.2, 0.25) is 0 Å². The molecule has 0 heterocycles. The van der Waals surface area contributed by atoms with Gasteiger partial charge in [-0.3, -0.25) is 0 Å². The number of nitrogens with two attached hydrogens (primary N) is 1. The Kier molecular flexibility index (Phi) is 4.27. The smallest absolute Gasteiger partial charge is 0.139 e. The van der Waals surface area contributed by atoms with E-state index in [9.17, 15) is 0 Å². The second-order valence-electron chi connectivity index (χ2n) is 5.22. The zero-order chi connectivity index (χ0) is 13.7. The van der Waals surface area contributed by atoms with E-state index in [4.69, 9.17) is 15.7 Å². The molecule has 1 fully saturated rings. The normalized spacial score (nSPS) is 17.2. The summed E-state index contributed by atoms with van der Waals surface area (Å²) in [6.07, 6.45) is 2.94. The van der Waals surface area contributed by atoms with Gasteiger partial charge in [0, 0.05) is 19.5 Å². The van der Waals surface area contributed by atoms with Crippen LogP contribution in [-0.4, -0.2) is 24.7 Å². The van der Waals surface area contributed by atoms with Crippen LogP contribution in [0.2, 0.25) is 0 Å². The van der Waals surface area contributed by atoms with E-state index in [1.807, 2.05) is 12.1 Å². The van der Waals surface area contributed by atoms with E-state index >= 15 is 0 Å². The second-order valence-corrected chi connectivity index (χ2v) is 5.22. The largest absolute Gasteiger partial charge is 0.497 e. The molecule has 0 radical (unpaired) electrons. The summed E-state index contributed by atoms with van der Waals surface area (Å²) in [6, 6.07) is 8.02. The molecule has 0 bridgehead atoms. The van der Waals surface area contributed by atoms with Crippen LogP contribution in [0, 0.1) is 5.41 Å². The lowest BCUT2D eigenvalue weighted by Crippen LogP contribution is -2.28. The third-order valence-electron chi connectivity index (χ3n) is 3.63. The van der Waals surface area contributed by atoms with Crippen molar-refractivity contribution in [1.82, 2.24) is 5.32 Å². The number of rotatable bonds is 7. The van der Waals surface area contributed by atoms with Gasteiger partial charge in [-0.2, -0.15) is 0 Å². The average molecular weight is 263 g/mol. The van der Waals surface area contributed by atoms with Gasteiger partial charge in [-0.15, -0.1) is 0 Å². The fourth-order valence-corrected chi connectivity index (χ4v) is 2.23. The first-order valence-electron chi connectivity index (χ1n) is 6.47. The van der Waals surface area contributed by atoms with Gasteiger partial charge in [0.1, 0.15) is 11.6 Å². The number of amidine groups is 1. The molecule has 1 aromatic carbocycles. The van der Waals surface area contributed by atoms with Crippen LogP contribution < -0.4 is 15.8 Å². The van der Waals surface area contributed by atoms with Crippen LogP contribution in [0.15, 0.2) is 29.4 Å². The Morgan fingerprint density at radius 2 is 2.11 bits per heavy atom. The molecule has 0 atom stereocenters. The van der Waals surface area contributed by atoms with Crippen molar-refractivity contribution in [3.05, 3.63) is 29.8 Å². The molecule has 0 aliphatic heterocycles. The predicted octanol–water partition coefficient (Wildman–Crippen LogP) is 1.70. The summed E-state index contributed by atoms with van der Waals surface area (Å²) in [4.78, 5) is 0. The van der Waals surface area contributed by atoms with E-state index in [1.165, 1.54) is 5.56 Å². The first kappa shape index (κ1) is 13.7. The molecule has 5 heteroatoms. The minimum Gasteiger partial charge on any atom is -0.497 e. The van der Waals surface area contributed by atoms with Gasteiger partial charge in [0.15, 0.2) is 0 Å². The van der Waals surface area contributed by atoms with E-state index in [0.29, 0.717) is 12.3 Å². The van der Waals surface area contributed by atoms with Crippen LogP contribution in [0.1, 0.15) is 24.8 Å². The highest BCUT2D eigenvalue weighted by molar-refractivity contribution is 5.80. The third-order valence-corrected chi connectivity index (χ3v) is 3.63. The minimum absolute atomic E-state index is 0.197. The molecule has 0 unspecified atom stereocenters. The lowest BCUT2D eigenvalue weighted by atomic mass is 10.0. The first-order chi connectivity index (χ1) is 9.17. The Bertz CT molecular complexity index is 439. The zero-order valence-electron chi connectivity index (χ0n) is 11.2. The number of ether oxygens (including phenoxy) is 1. The maximum absolute atomic E-state index is 8.61. The highest BCUT2D eigenvalue weighted by Gasteiger charge is 2.42. The van der Waals surface area contributed by atoms with Gasteiger partial charge in [0.05, 0.1) is 7.11 Å². The summed E-state index contributed by atoms with van der Waals surface area (Å²) in [7, 11) is 1.66. The van der Waals surface area contributed by atoms with Crippen molar-refractivity contribution in [1.29, 1.82) is 0 Å². The van der Waals surface area contributed by atoms with Crippen molar-refractivity contribution in [2.75, 3.05) is 13.7 Å². The summed E-state index contributed by atoms with van der Waals surface area (Å²) >= 11 is 0. The Morgan fingerprint density at radius 3 is 2.63 bits per heavy atom. The monoisotopic (exact) mass is 263 g/mol. The van der Waals surface area contributed by atoms with Crippen molar-refractivity contribution < 1.29 is 9.94 Å². The number of hydrogen-bond acceptors (Lipinski definition) is 4. The maximum Gasteiger partial charge on any atom is 0.139 e. The molecule has 0 spiro atoms. The topological polar surface area (TPSA) is 79.9 Å². The molecule has 5 nitrogen and oxygen atoms in total. The third kappa shape index (κ3) is 3.86. The van der Waals surface area contributed by atoms with Gasteiger partial charge >= 0.3 is 0 Å². The van der Waals surface area contributed by atoms with Crippen LogP contribution in [0.25, 0.3) is 0 Å². The van der Waals surface area contributed by atoms with Crippen molar-refractivity contribution in [3.63, 3.8) is 0 Å². The minimum atomic E-state index is 0.197. The summed E-state index contributed by atoms with van der Waals surface area (Å²) in [5.41, 5.74) is 6.99. The van der Waals surface area contributed by atoms with Gasteiger partial charge in [-0.25, -0.2) is 0 Å². The molecule has 1 saturated carbocycles. The highest BCUT2D eigenvalue weighted by Crippen LogP contribution is 2.48. The quantitative estimate of drug-likeness (QED) is 0.303. The van der Waals surface area contributed by atoms with Gasteiger partial charge < -0.3 is 21.0 Å². The summed E-state index contributed by atoms with van der Waals surface area (Å²) < 4.78 is 5.12. The number of methoxy groups -OCH3 is 1. The number of benzene rings is 1. The van der Waals surface area contributed by atoms with Gasteiger partial charge in [0.25, 0.3) is 0 Å². The molecular weight excluding hydrogens is 242 g/mol. The molecule has 0 amide bonds. The molecule has 1 aromatic rings. The average Bonchev–Trinajstić information content (AvgIpc) is 3.19. The highest BCUT2D eigenvalue weighted by atomic mass is 16.5. The predicted molar refractivity (Wildman–Crippen MR) is 74.4 cm³/mol. The van der Waals surface area contributed by atoms with Crippen LogP contribution in [0.4, 0.5) is 0 Å². The summed E-state index contributed by atoms with van der Waals surface area (Å²) in [6.45, 7) is 1.72. The Morgan fingerprint density at radius 1 is 1.42 bits per heavy atom. The fraction of sp³-hybridized carbons (Fsp3) is 0.500. The number of oxime groups is 1. The zero-order valence-corrected chi connectivity index (χ0v) is 11.2. The molecule has 0 aromatic heterocycles. The summed E-state index contributed by atoms with van der Waals surface area (Å²) in [5.74, 6) is 1.19. The van der Waals surface area contributed by atoms with Crippen molar-refractivity contribution >= 4 is 5.84 Å². The van der Waals surface area contributed by atoms with Crippen molar-refractivity contribution in [2.45, 2.75) is 25.8 Å². The van der Waals surface area contributed by atoms with Crippen molar-refractivity contribution in [3.8, 4) is 5.75 Å². The molecular formula is C14H21N3O2. The first-order valence-corrected chi connectivity index (χ1v) is 6.47. The van der Waals surface area contributed by atoms with Crippen LogP contribution in [0.5, 0.6) is 5.75 Å². The van der Waals surface area contributed by atoms with E-state index in [1.54, 1.807) is 7.11 Å². The number of nitrogens with one attached hydrogen (secondary N) is 1. The Hall–Kier alpha value is -1.75. The molecule has 19 heavy (non-hydrogen) atoms. The molecule has 1 aliphatic carbocycles.